The predicted octanol–water partition coefficient (Wildman–Crippen LogP) is 13.7. The van der Waals surface area contributed by atoms with E-state index in [1.807, 2.05) is 12.1 Å². The van der Waals surface area contributed by atoms with Gasteiger partial charge in [0.1, 0.15) is 17.0 Å². The highest BCUT2D eigenvalue weighted by atomic mass is 16.3. The molecule has 3 aliphatic rings. The molecule has 0 amide bonds. The van der Waals surface area contributed by atoms with E-state index in [9.17, 15) is 0 Å². The molecule has 1 unspecified atom stereocenters. The summed E-state index contributed by atoms with van der Waals surface area (Å²) >= 11 is 0. The maximum absolute atomic E-state index is 6.56. The van der Waals surface area contributed by atoms with Crippen molar-refractivity contribution in [1.82, 2.24) is 9.88 Å². The molecule has 63 heavy (non-hydrogen) atoms. The van der Waals surface area contributed by atoms with Gasteiger partial charge in [-0.1, -0.05) is 182 Å². The van der Waals surface area contributed by atoms with Crippen molar-refractivity contribution in [3.8, 4) is 33.4 Å². The first-order valence-corrected chi connectivity index (χ1v) is 21.6. The number of hydrogen-bond acceptors (Lipinski definition) is 4. The van der Waals surface area contributed by atoms with Crippen molar-refractivity contribution in [2.45, 2.75) is 11.6 Å². The van der Waals surface area contributed by atoms with Gasteiger partial charge in [0.2, 0.25) is 5.96 Å². The smallest absolute Gasteiger partial charge is 0.211 e. The molecule has 294 valence electrons. The SMILES string of the molecule is c1ccc(C2=NC(c3ccc4c(c3)oc3ccc(-c5ccccc5)cc34)N=C(n3c4ccccc4c4ccc5c(c43)-c3ccccc3C53c4ccccc4-c4ccccc43)N2)cc1. The van der Waals surface area contributed by atoms with Gasteiger partial charge in [-0.2, -0.15) is 0 Å². The molecule has 0 bridgehead atoms. The molecular formula is C58H36N4O. The number of nitrogens with one attached hydrogen (secondary N) is 1. The fourth-order valence-electron chi connectivity index (χ4n) is 11.1. The second-order valence-electron chi connectivity index (χ2n) is 16.9. The van der Waals surface area contributed by atoms with E-state index in [1.165, 1.54) is 60.8 Å². The first-order valence-electron chi connectivity index (χ1n) is 21.6. The monoisotopic (exact) mass is 804 g/mol. The van der Waals surface area contributed by atoms with Crippen LogP contribution in [0.15, 0.2) is 221 Å². The van der Waals surface area contributed by atoms with Gasteiger partial charge in [-0.3, -0.25) is 4.57 Å². The second kappa shape index (κ2) is 12.9. The summed E-state index contributed by atoms with van der Waals surface area (Å²) in [7, 11) is 0. The molecule has 5 nitrogen and oxygen atoms in total. The number of para-hydroxylation sites is 1. The van der Waals surface area contributed by atoms with Gasteiger partial charge in [-0.25, -0.2) is 9.98 Å². The van der Waals surface area contributed by atoms with E-state index in [0.717, 1.165) is 61.5 Å². The largest absolute Gasteiger partial charge is 0.456 e. The van der Waals surface area contributed by atoms with Gasteiger partial charge >= 0.3 is 0 Å². The molecular weight excluding hydrogens is 769 g/mol. The van der Waals surface area contributed by atoms with Crippen molar-refractivity contribution in [3.05, 3.63) is 240 Å². The van der Waals surface area contributed by atoms with Crippen LogP contribution in [-0.2, 0) is 5.41 Å². The van der Waals surface area contributed by atoms with Gasteiger partial charge in [0, 0.05) is 38.2 Å². The number of rotatable bonds is 3. The van der Waals surface area contributed by atoms with Crippen LogP contribution < -0.4 is 5.32 Å². The van der Waals surface area contributed by atoms with Crippen LogP contribution in [0, 0.1) is 0 Å². The van der Waals surface area contributed by atoms with Crippen molar-refractivity contribution >= 4 is 55.5 Å². The molecule has 0 saturated carbocycles. The van der Waals surface area contributed by atoms with Crippen LogP contribution in [0.5, 0.6) is 0 Å². The fraction of sp³-hybridized carbons (Fsp3) is 0.0345. The highest BCUT2D eigenvalue weighted by Gasteiger charge is 2.52. The van der Waals surface area contributed by atoms with E-state index < -0.39 is 11.6 Å². The highest BCUT2D eigenvalue weighted by molar-refractivity contribution is 6.22. The van der Waals surface area contributed by atoms with Crippen molar-refractivity contribution < 1.29 is 4.42 Å². The molecule has 1 N–H and O–H groups in total. The fourth-order valence-corrected chi connectivity index (χ4v) is 11.1. The summed E-state index contributed by atoms with van der Waals surface area (Å²) in [5.74, 6) is 1.48. The van der Waals surface area contributed by atoms with E-state index in [1.54, 1.807) is 0 Å². The van der Waals surface area contributed by atoms with Crippen molar-refractivity contribution in [3.63, 3.8) is 0 Å². The van der Waals surface area contributed by atoms with Gasteiger partial charge in [-0.15, -0.1) is 0 Å². The zero-order valence-electron chi connectivity index (χ0n) is 34.0. The Morgan fingerprint density at radius 3 is 1.84 bits per heavy atom. The number of fused-ring (bicyclic) bond motifs is 17. The van der Waals surface area contributed by atoms with Crippen molar-refractivity contribution in [2.75, 3.05) is 0 Å². The van der Waals surface area contributed by atoms with Crippen LogP contribution in [0.3, 0.4) is 0 Å². The summed E-state index contributed by atoms with van der Waals surface area (Å²) in [6.45, 7) is 0. The summed E-state index contributed by atoms with van der Waals surface area (Å²) in [4.78, 5) is 10.9. The zero-order chi connectivity index (χ0) is 41.2. The molecule has 2 aromatic heterocycles. The van der Waals surface area contributed by atoms with E-state index >= 15 is 0 Å². The van der Waals surface area contributed by atoms with Crippen LogP contribution in [0.2, 0.25) is 0 Å². The highest BCUT2D eigenvalue weighted by Crippen LogP contribution is 2.64. The maximum Gasteiger partial charge on any atom is 0.211 e. The Morgan fingerprint density at radius 2 is 1.08 bits per heavy atom. The third-order valence-electron chi connectivity index (χ3n) is 13.7. The van der Waals surface area contributed by atoms with E-state index in [-0.39, 0.29) is 0 Å². The Hall–Kier alpha value is -8.28. The Bertz CT molecular complexity index is 3730. The number of furan rings is 1. The summed E-state index contributed by atoms with van der Waals surface area (Å²) in [6, 6.07) is 74.2. The minimum Gasteiger partial charge on any atom is -0.456 e. The van der Waals surface area contributed by atoms with Gasteiger partial charge in [-0.05, 0) is 74.3 Å². The third-order valence-corrected chi connectivity index (χ3v) is 13.7. The topological polar surface area (TPSA) is 54.8 Å². The number of hydrogen-bond donors (Lipinski definition) is 1. The number of aromatic nitrogens is 1. The third kappa shape index (κ3) is 4.71. The standard InChI is InChI=1S/C58H36N4O/c1-3-15-35(16-4-1)37-28-32-51-45(33-37)42-29-27-38(34-52(42)63-51)56-59-55(36-17-5-2-6-18-36)60-57(61-56)62-50-26-14-10-21-41(50)43-30-31-49-53(54(43)62)44-22-9-13-25-48(44)58(49)46-23-11-7-19-39(46)40-20-8-12-24-47(40)58/h1-34,56H,(H,59,60,61). The average Bonchev–Trinajstić information content (AvgIpc) is 4.07. The van der Waals surface area contributed by atoms with E-state index in [0.29, 0.717) is 0 Å². The first kappa shape index (κ1) is 34.4. The lowest BCUT2D eigenvalue weighted by molar-refractivity contribution is 0.665. The number of aliphatic imine (C=N–C) groups is 2. The van der Waals surface area contributed by atoms with Gasteiger partial charge < -0.3 is 9.73 Å². The normalized spacial score (nSPS) is 15.6. The van der Waals surface area contributed by atoms with Crippen molar-refractivity contribution in [1.29, 1.82) is 0 Å². The molecule has 5 heteroatoms. The number of amidine groups is 1. The second-order valence-corrected chi connectivity index (χ2v) is 16.9. The van der Waals surface area contributed by atoms with Crippen LogP contribution in [-0.4, -0.2) is 16.4 Å². The molecule has 11 aromatic rings. The van der Waals surface area contributed by atoms with Crippen LogP contribution >= 0.6 is 0 Å². The number of nitrogens with zero attached hydrogens (tertiary/aromatic N) is 3. The maximum atomic E-state index is 6.56. The van der Waals surface area contributed by atoms with Crippen LogP contribution in [0.1, 0.15) is 39.5 Å². The molecule has 1 atom stereocenters. The summed E-state index contributed by atoms with van der Waals surface area (Å²) in [5.41, 5.74) is 18.0. The van der Waals surface area contributed by atoms with Crippen LogP contribution in [0.4, 0.5) is 0 Å². The van der Waals surface area contributed by atoms with Gasteiger partial charge in [0.05, 0.1) is 16.4 Å². The van der Waals surface area contributed by atoms with Crippen molar-refractivity contribution in [2.24, 2.45) is 9.98 Å². The molecule has 14 rings (SSSR count). The van der Waals surface area contributed by atoms with E-state index in [4.69, 9.17) is 14.4 Å². The molecule has 0 saturated heterocycles. The molecule has 3 heterocycles. The summed E-state index contributed by atoms with van der Waals surface area (Å²) in [5, 5.41) is 8.29. The Balaban J connectivity index is 1.01. The molecule has 0 radical (unpaired) electrons. The molecule has 1 spiro atoms. The summed E-state index contributed by atoms with van der Waals surface area (Å²) < 4.78 is 8.93. The molecule has 1 aliphatic heterocycles. The minimum atomic E-state index is -0.547. The Labute approximate surface area is 362 Å². The van der Waals surface area contributed by atoms with E-state index in [2.05, 4.69) is 204 Å². The molecule has 2 aliphatic carbocycles. The lowest BCUT2D eigenvalue weighted by Gasteiger charge is -2.30. The predicted molar refractivity (Wildman–Crippen MR) is 257 cm³/mol. The minimum absolute atomic E-state index is 0.473. The lowest BCUT2D eigenvalue weighted by atomic mass is 9.70. The average molecular weight is 805 g/mol. The molecule has 9 aromatic carbocycles. The first-order chi connectivity index (χ1) is 31.2. The summed E-state index contributed by atoms with van der Waals surface area (Å²) in [6.07, 6.45) is -0.547. The zero-order valence-corrected chi connectivity index (χ0v) is 34.0. The van der Waals surface area contributed by atoms with Gasteiger partial charge in [0.25, 0.3) is 0 Å². The van der Waals surface area contributed by atoms with Gasteiger partial charge in [0.15, 0.2) is 6.17 Å². The quantitative estimate of drug-likeness (QED) is 0.193. The molecule has 0 fully saturated rings. The Kier molecular flexibility index (Phi) is 7.03. The van der Waals surface area contributed by atoms with Crippen LogP contribution in [0.25, 0.3) is 77.1 Å². The number of benzene rings is 9. The lowest BCUT2D eigenvalue weighted by Crippen LogP contribution is -2.39. The Morgan fingerprint density at radius 1 is 0.444 bits per heavy atom.